The highest BCUT2D eigenvalue weighted by molar-refractivity contribution is 5.94. The van der Waals surface area contributed by atoms with Gasteiger partial charge < -0.3 is 15.7 Å². The molecule has 2 rings (SSSR count). The predicted molar refractivity (Wildman–Crippen MR) is 68.2 cm³/mol. The Labute approximate surface area is 107 Å². The summed E-state index contributed by atoms with van der Waals surface area (Å²) in [5.41, 5.74) is 5.70. The minimum absolute atomic E-state index is 0.0524. The molecule has 1 aliphatic heterocycles. The van der Waals surface area contributed by atoms with Crippen LogP contribution in [-0.2, 0) is 0 Å². The summed E-state index contributed by atoms with van der Waals surface area (Å²) in [6.07, 6.45) is 4.57. The standard InChI is InChI=1S/C13H19N3O2/c14-6-5-10-3-2-8-16(9-10)13(18)12-11(17)4-1-7-15-12/h1,4,7,10,17H,2-3,5-6,8-9,14H2. The van der Waals surface area contributed by atoms with Crippen molar-refractivity contribution in [1.29, 1.82) is 0 Å². The Morgan fingerprint density at radius 3 is 3.17 bits per heavy atom. The highest BCUT2D eigenvalue weighted by atomic mass is 16.3. The zero-order chi connectivity index (χ0) is 13.0. The molecule has 1 unspecified atom stereocenters. The first-order valence-electron chi connectivity index (χ1n) is 6.35. The van der Waals surface area contributed by atoms with E-state index in [0.717, 1.165) is 25.8 Å². The quantitative estimate of drug-likeness (QED) is 0.837. The maximum atomic E-state index is 12.2. The van der Waals surface area contributed by atoms with Gasteiger partial charge >= 0.3 is 0 Å². The molecule has 1 amide bonds. The monoisotopic (exact) mass is 249 g/mol. The second-order valence-corrected chi connectivity index (χ2v) is 4.71. The SMILES string of the molecule is NCCC1CCCN(C(=O)c2ncccc2O)C1. The number of aromatic hydroxyl groups is 1. The molecule has 0 saturated carbocycles. The summed E-state index contributed by atoms with van der Waals surface area (Å²) < 4.78 is 0. The molecule has 98 valence electrons. The summed E-state index contributed by atoms with van der Waals surface area (Å²) >= 11 is 0. The first-order chi connectivity index (χ1) is 8.72. The summed E-state index contributed by atoms with van der Waals surface area (Å²) in [6, 6.07) is 3.10. The highest BCUT2D eigenvalue weighted by Crippen LogP contribution is 2.22. The molecule has 0 radical (unpaired) electrons. The summed E-state index contributed by atoms with van der Waals surface area (Å²) in [5, 5.41) is 9.65. The second kappa shape index (κ2) is 5.82. The Morgan fingerprint density at radius 2 is 2.44 bits per heavy atom. The van der Waals surface area contributed by atoms with Crippen LogP contribution in [0.4, 0.5) is 0 Å². The van der Waals surface area contributed by atoms with Gasteiger partial charge in [-0.25, -0.2) is 4.98 Å². The molecule has 3 N–H and O–H groups in total. The molecule has 1 aliphatic rings. The van der Waals surface area contributed by atoms with E-state index in [-0.39, 0.29) is 17.4 Å². The van der Waals surface area contributed by atoms with E-state index in [1.54, 1.807) is 11.0 Å². The topological polar surface area (TPSA) is 79.5 Å². The molecule has 18 heavy (non-hydrogen) atoms. The molecule has 0 aliphatic carbocycles. The fraction of sp³-hybridized carbons (Fsp3) is 0.538. The third-order valence-corrected chi connectivity index (χ3v) is 3.37. The number of carbonyl (C=O) groups is 1. The number of hydrogen-bond donors (Lipinski definition) is 2. The summed E-state index contributed by atoms with van der Waals surface area (Å²) in [6.45, 7) is 2.10. The van der Waals surface area contributed by atoms with Crippen molar-refractivity contribution in [3.63, 3.8) is 0 Å². The maximum absolute atomic E-state index is 12.2. The van der Waals surface area contributed by atoms with Crippen LogP contribution in [0.5, 0.6) is 5.75 Å². The second-order valence-electron chi connectivity index (χ2n) is 4.71. The van der Waals surface area contributed by atoms with E-state index < -0.39 is 0 Å². The van der Waals surface area contributed by atoms with Crippen molar-refractivity contribution in [2.75, 3.05) is 19.6 Å². The van der Waals surface area contributed by atoms with Gasteiger partial charge in [0.2, 0.25) is 0 Å². The number of nitrogens with zero attached hydrogens (tertiary/aromatic N) is 2. The number of carbonyl (C=O) groups excluding carboxylic acids is 1. The van der Waals surface area contributed by atoms with Crippen LogP contribution in [0.2, 0.25) is 0 Å². The van der Waals surface area contributed by atoms with Crippen LogP contribution in [0.1, 0.15) is 29.8 Å². The van der Waals surface area contributed by atoms with Gasteiger partial charge in [-0.2, -0.15) is 0 Å². The largest absolute Gasteiger partial charge is 0.505 e. The van der Waals surface area contributed by atoms with Gasteiger partial charge in [-0.15, -0.1) is 0 Å². The lowest BCUT2D eigenvalue weighted by molar-refractivity contribution is 0.0660. The number of nitrogens with two attached hydrogens (primary N) is 1. The smallest absolute Gasteiger partial charge is 0.276 e. The number of piperidine rings is 1. The Bertz CT molecular complexity index is 420. The first-order valence-corrected chi connectivity index (χ1v) is 6.35. The van der Waals surface area contributed by atoms with Crippen molar-refractivity contribution in [3.8, 4) is 5.75 Å². The van der Waals surface area contributed by atoms with Crippen molar-refractivity contribution in [1.82, 2.24) is 9.88 Å². The molecular formula is C13H19N3O2. The van der Waals surface area contributed by atoms with Crippen molar-refractivity contribution >= 4 is 5.91 Å². The molecule has 0 spiro atoms. The van der Waals surface area contributed by atoms with Gasteiger partial charge in [0, 0.05) is 19.3 Å². The van der Waals surface area contributed by atoms with E-state index in [1.807, 2.05) is 0 Å². The molecule has 5 nitrogen and oxygen atoms in total. The zero-order valence-electron chi connectivity index (χ0n) is 10.4. The molecule has 1 aromatic rings. The van der Waals surface area contributed by atoms with Crippen LogP contribution >= 0.6 is 0 Å². The summed E-state index contributed by atoms with van der Waals surface area (Å²) in [7, 11) is 0. The normalized spacial score (nSPS) is 19.8. The van der Waals surface area contributed by atoms with Crippen LogP contribution < -0.4 is 5.73 Å². The van der Waals surface area contributed by atoms with Crippen molar-refractivity contribution in [3.05, 3.63) is 24.0 Å². The van der Waals surface area contributed by atoms with Gasteiger partial charge in [-0.1, -0.05) is 0 Å². The van der Waals surface area contributed by atoms with E-state index >= 15 is 0 Å². The average Bonchev–Trinajstić information content (AvgIpc) is 2.39. The van der Waals surface area contributed by atoms with Gasteiger partial charge in [-0.05, 0) is 43.9 Å². The molecule has 2 heterocycles. The van der Waals surface area contributed by atoms with Crippen LogP contribution in [0.3, 0.4) is 0 Å². The third-order valence-electron chi connectivity index (χ3n) is 3.37. The lowest BCUT2D eigenvalue weighted by Gasteiger charge is -2.32. The van der Waals surface area contributed by atoms with E-state index in [4.69, 9.17) is 5.73 Å². The fourth-order valence-corrected chi connectivity index (χ4v) is 2.43. The molecule has 0 aromatic carbocycles. The number of likely N-dealkylation sites (tertiary alicyclic amines) is 1. The minimum atomic E-state index is -0.185. The molecule has 5 heteroatoms. The number of amides is 1. The van der Waals surface area contributed by atoms with E-state index in [1.165, 1.54) is 12.3 Å². The van der Waals surface area contributed by atoms with Crippen LogP contribution in [0.25, 0.3) is 0 Å². The molecule has 1 saturated heterocycles. The summed E-state index contributed by atoms with van der Waals surface area (Å²) in [4.78, 5) is 18.0. The van der Waals surface area contributed by atoms with Crippen molar-refractivity contribution in [2.24, 2.45) is 11.7 Å². The predicted octanol–water partition coefficient (Wildman–Crippen LogP) is 0.988. The van der Waals surface area contributed by atoms with Crippen molar-refractivity contribution in [2.45, 2.75) is 19.3 Å². The van der Waals surface area contributed by atoms with Gasteiger partial charge in [0.15, 0.2) is 5.69 Å². The Hall–Kier alpha value is -1.62. The maximum Gasteiger partial charge on any atom is 0.276 e. The number of pyridine rings is 1. The fourth-order valence-electron chi connectivity index (χ4n) is 2.43. The molecule has 1 atom stereocenters. The Balaban J connectivity index is 2.07. The van der Waals surface area contributed by atoms with Crippen LogP contribution in [0, 0.1) is 5.92 Å². The Morgan fingerprint density at radius 1 is 1.61 bits per heavy atom. The van der Waals surface area contributed by atoms with Gasteiger partial charge in [0.05, 0.1) is 0 Å². The third kappa shape index (κ3) is 2.79. The number of hydrogen-bond acceptors (Lipinski definition) is 4. The highest BCUT2D eigenvalue weighted by Gasteiger charge is 2.26. The lowest BCUT2D eigenvalue weighted by atomic mass is 9.94. The first kappa shape index (κ1) is 12.8. The zero-order valence-corrected chi connectivity index (χ0v) is 10.4. The van der Waals surface area contributed by atoms with E-state index in [9.17, 15) is 9.90 Å². The molecule has 0 bridgehead atoms. The molecule has 1 aromatic heterocycles. The van der Waals surface area contributed by atoms with Gasteiger partial charge in [0.1, 0.15) is 5.75 Å². The number of aromatic nitrogens is 1. The number of rotatable bonds is 3. The molecule has 1 fully saturated rings. The van der Waals surface area contributed by atoms with Gasteiger partial charge in [0.25, 0.3) is 5.91 Å². The average molecular weight is 249 g/mol. The van der Waals surface area contributed by atoms with E-state index in [2.05, 4.69) is 4.98 Å². The van der Waals surface area contributed by atoms with Crippen LogP contribution in [-0.4, -0.2) is 40.5 Å². The summed E-state index contributed by atoms with van der Waals surface area (Å²) in [5.74, 6) is 0.233. The van der Waals surface area contributed by atoms with Crippen LogP contribution in [0.15, 0.2) is 18.3 Å². The Kier molecular flexibility index (Phi) is 4.15. The van der Waals surface area contributed by atoms with Crippen molar-refractivity contribution < 1.29 is 9.90 Å². The lowest BCUT2D eigenvalue weighted by Crippen LogP contribution is -2.40. The van der Waals surface area contributed by atoms with Gasteiger partial charge in [-0.3, -0.25) is 4.79 Å². The molecular weight excluding hydrogens is 230 g/mol. The minimum Gasteiger partial charge on any atom is -0.505 e. The van der Waals surface area contributed by atoms with E-state index in [0.29, 0.717) is 19.0 Å².